The van der Waals surface area contributed by atoms with E-state index >= 15 is 0 Å². The average Bonchev–Trinajstić information content (AvgIpc) is 2.24. The molecule has 1 N–H and O–H groups in total. The standard InChI is InChI=1S/C13H16BrFO/c14-11-4-5-12(15)10(8-11)9-13(16)6-2-1-3-7-13/h4-5,8,16H,1-3,6-7,9H2. The van der Waals surface area contributed by atoms with Crippen molar-refractivity contribution in [2.45, 2.75) is 44.1 Å². The van der Waals surface area contributed by atoms with Crippen LogP contribution in [0.1, 0.15) is 37.7 Å². The van der Waals surface area contributed by atoms with Crippen molar-refractivity contribution in [1.29, 1.82) is 0 Å². The van der Waals surface area contributed by atoms with E-state index in [2.05, 4.69) is 15.9 Å². The molecule has 0 unspecified atom stereocenters. The Kier molecular flexibility index (Phi) is 3.65. The predicted octanol–water partition coefficient (Wildman–Crippen LogP) is 3.83. The van der Waals surface area contributed by atoms with E-state index in [1.165, 1.54) is 12.5 Å². The predicted molar refractivity (Wildman–Crippen MR) is 65.8 cm³/mol. The van der Waals surface area contributed by atoms with Gasteiger partial charge in [0, 0.05) is 10.9 Å². The Labute approximate surface area is 104 Å². The zero-order valence-electron chi connectivity index (χ0n) is 9.18. The van der Waals surface area contributed by atoms with Gasteiger partial charge in [0.2, 0.25) is 0 Å². The first kappa shape index (κ1) is 12.1. The summed E-state index contributed by atoms with van der Waals surface area (Å²) in [6.45, 7) is 0. The van der Waals surface area contributed by atoms with Crippen molar-refractivity contribution in [3.05, 3.63) is 34.1 Å². The van der Waals surface area contributed by atoms with Crippen LogP contribution in [0.25, 0.3) is 0 Å². The van der Waals surface area contributed by atoms with Crippen molar-refractivity contribution >= 4 is 15.9 Å². The van der Waals surface area contributed by atoms with Crippen LogP contribution in [0.2, 0.25) is 0 Å². The van der Waals surface area contributed by atoms with Crippen LogP contribution in [0.15, 0.2) is 22.7 Å². The molecule has 1 aliphatic rings. The van der Waals surface area contributed by atoms with Gasteiger partial charge >= 0.3 is 0 Å². The second-order valence-corrected chi connectivity index (χ2v) is 5.61. The van der Waals surface area contributed by atoms with E-state index in [4.69, 9.17) is 0 Å². The monoisotopic (exact) mass is 286 g/mol. The van der Waals surface area contributed by atoms with Crippen LogP contribution in [0.5, 0.6) is 0 Å². The second kappa shape index (κ2) is 4.84. The molecule has 1 aromatic carbocycles. The molecule has 1 nitrogen and oxygen atoms in total. The third-order valence-corrected chi connectivity index (χ3v) is 3.80. The van der Waals surface area contributed by atoms with Crippen molar-refractivity contribution in [3.8, 4) is 0 Å². The third kappa shape index (κ3) is 2.83. The van der Waals surface area contributed by atoms with E-state index < -0.39 is 5.60 Å². The van der Waals surface area contributed by atoms with Crippen LogP contribution >= 0.6 is 15.9 Å². The molecule has 16 heavy (non-hydrogen) atoms. The zero-order valence-corrected chi connectivity index (χ0v) is 10.8. The fourth-order valence-corrected chi connectivity index (χ4v) is 2.83. The number of rotatable bonds is 2. The zero-order chi connectivity index (χ0) is 11.6. The molecule has 0 heterocycles. The first-order valence-corrected chi connectivity index (χ1v) is 6.55. The van der Waals surface area contributed by atoms with Crippen LogP contribution in [0.3, 0.4) is 0 Å². The van der Waals surface area contributed by atoms with Crippen molar-refractivity contribution in [1.82, 2.24) is 0 Å². The summed E-state index contributed by atoms with van der Waals surface area (Å²) in [6, 6.07) is 4.90. The number of halogens is 2. The number of aliphatic hydroxyl groups is 1. The molecule has 1 aromatic rings. The van der Waals surface area contributed by atoms with Gasteiger partial charge in [-0.05, 0) is 36.6 Å². The Morgan fingerprint density at radius 2 is 1.94 bits per heavy atom. The van der Waals surface area contributed by atoms with Crippen LogP contribution in [-0.2, 0) is 6.42 Å². The Balaban J connectivity index is 2.15. The minimum Gasteiger partial charge on any atom is -0.390 e. The van der Waals surface area contributed by atoms with E-state index in [0.29, 0.717) is 12.0 Å². The van der Waals surface area contributed by atoms with E-state index in [0.717, 1.165) is 30.2 Å². The number of hydrogen-bond donors (Lipinski definition) is 1. The molecule has 1 fully saturated rings. The molecule has 88 valence electrons. The smallest absolute Gasteiger partial charge is 0.126 e. The van der Waals surface area contributed by atoms with E-state index in [-0.39, 0.29) is 5.82 Å². The summed E-state index contributed by atoms with van der Waals surface area (Å²) >= 11 is 3.33. The lowest BCUT2D eigenvalue weighted by molar-refractivity contribution is 0.00379. The lowest BCUT2D eigenvalue weighted by Gasteiger charge is -2.32. The van der Waals surface area contributed by atoms with Crippen molar-refractivity contribution in [2.75, 3.05) is 0 Å². The van der Waals surface area contributed by atoms with Gasteiger partial charge < -0.3 is 5.11 Å². The molecule has 2 rings (SSSR count). The summed E-state index contributed by atoms with van der Waals surface area (Å²) in [5.74, 6) is -0.220. The highest BCUT2D eigenvalue weighted by Gasteiger charge is 2.30. The average molecular weight is 287 g/mol. The first-order chi connectivity index (χ1) is 7.59. The molecule has 0 atom stereocenters. The van der Waals surface area contributed by atoms with Gasteiger partial charge in [0.25, 0.3) is 0 Å². The molecule has 0 saturated heterocycles. The van der Waals surface area contributed by atoms with Gasteiger partial charge in [-0.3, -0.25) is 0 Å². The fourth-order valence-electron chi connectivity index (χ4n) is 2.42. The molecule has 0 spiro atoms. The molecule has 0 amide bonds. The maximum absolute atomic E-state index is 13.6. The van der Waals surface area contributed by atoms with Gasteiger partial charge in [-0.15, -0.1) is 0 Å². The first-order valence-electron chi connectivity index (χ1n) is 5.75. The quantitative estimate of drug-likeness (QED) is 0.876. The number of benzene rings is 1. The van der Waals surface area contributed by atoms with Crippen LogP contribution < -0.4 is 0 Å². The van der Waals surface area contributed by atoms with E-state index in [9.17, 15) is 9.50 Å². The molecule has 0 bridgehead atoms. The summed E-state index contributed by atoms with van der Waals surface area (Å²) in [7, 11) is 0. The molecule has 1 aliphatic carbocycles. The molecule has 3 heteroatoms. The van der Waals surface area contributed by atoms with Gasteiger partial charge in [0.15, 0.2) is 0 Å². The summed E-state index contributed by atoms with van der Waals surface area (Å²) in [4.78, 5) is 0. The van der Waals surface area contributed by atoms with Gasteiger partial charge in [0.1, 0.15) is 5.82 Å². The largest absolute Gasteiger partial charge is 0.390 e. The van der Waals surface area contributed by atoms with Gasteiger partial charge in [-0.25, -0.2) is 4.39 Å². The van der Waals surface area contributed by atoms with E-state index in [1.54, 1.807) is 12.1 Å². The normalized spacial score (nSPS) is 19.7. The second-order valence-electron chi connectivity index (χ2n) is 4.70. The summed E-state index contributed by atoms with van der Waals surface area (Å²) in [5.41, 5.74) is -0.0846. The van der Waals surface area contributed by atoms with E-state index in [1.807, 2.05) is 0 Å². The topological polar surface area (TPSA) is 20.2 Å². The molecular weight excluding hydrogens is 271 g/mol. The highest BCUT2D eigenvalue weighted by atomic mass is 79.9. The Bertz CT molecular complexity index is 372. The minimum absolute atomic E-state index is 0.220. The van der Waals surface area contributed by atoms with Gasteiger partial charge in [-0.2, -0.15) is 0 Å². The summed E-state index contributed by atoms with van der Waals surface area (Å²) in [6.07, 6.45) is 5.29. The van der Waals surface area contributed by atoms with Crippen molar-refractivity contribution in [2.24, 2.45) is 0 Å². The van der Waals surface area contributed by atoms with Crippen molar-refractivity contribution in [3.63, 3.8) is 0 Å². The summed E-state index contributed by atoms with van der Waals surface area (Å²) in [5, 5.41) is 10.4. The molecule has 0 aromatic heterocycles. The van der Waals surface area contributed by atoms with Crippen molar-refractivity contribution < 1.29 is 9.50 Å². The molecular formula is C13H16BrFO. The highest BCUT2D eigenvalue weighted by Crippen LogP contribution is 2.32. The maximum atomic E-state index is 13.6. The third-order valence-electron chi connectivity index (χ3n) is 3.31. The van der Waals surface area contributed by atoms with Gasteiger partial charge in [0.05, 0.1) is 5.60 Å². The highest BCUT2D eigenvalue weighted by molar-refractivity contribution is 9.10. The lowest BCUT2D eigenvalue weighted by Crippen LogP contribution is -2.34. The minimum atomic E-state index is -0.695. The lowest BCUT2D eigenvalue weighted by atomic mass is 9.80. The maximum Gasteiger partial charge on any atom is 0.126 e. The molecule has 0 radical (unpaired) electrons. The molecule has 0 aliphatic heterocycles. The Hall–Kier alpha value is -0.410. The Morgan fingerprint density at radius 1 is 1.25 bits per heavy atom. The van der Waals surface area contributed by atoms with Gasteiger partial charge in [-0.1, -0.05) is 35.2 Å². The fraction of sp³-hybridized carbons (Fsp3) is 0.538. The van der Waals surface area contributed by atoms with Crippen LogP contribution in [0.4, 0.5) is 4.39 Å². The van der Waals surface area contributed by atoms with Crippen LogP contribution in [0, 0.1) is 5.82 Å². The number of hydrogen-bond acceptors (Lipinski definition) is 1. The van der Waals surface area contributed by atoms with Crippen LogP contribution in [-0.4, -0.2) is 10.7 Å². The molecule has 1 saturated carbocycles. The Morgan fingerprint density at radius 3 is 2.62 bits per heavy atom. The SMILES string of the molecule is OC1(Cc2cc(Br)ccc2F)CCCCC1. The summed E-state index contributed by atoms with van der Waals surface area (Å²) < 4.78 is 14.4.